The topological polar surface area (TPSA) is 65.1 Å². The first-order valence-corrected chi connectivity index (χ1v) is 8.74. The summed E-state index contributed by atoms with van der Waals surface area (Å²) >= 11 is 0. The van der Waals surface area contributed by atoms with Crippen molar-refractivity contribution in [3.05, 3.63) is 0 Å². The highest BCUT2D eigenvalue weighted by Crippen LogP contribution is 2.45. The largest absolute Gasteiger partial charge is 0.530 e. The maximum Gasteiger partial charge on any atom is 0.530 e. The van der Waals surface area contributed by atoms with Gasteiger partial charge in [-0.3, -0.25) is 4.84 Å². The van der Waals surface area contributed by atoms with Gasteiger partial charge in [0.1, 0.15) is 0 Å². The molecular weight excluding hydrogens is 305 g/mol. The van der Waals surface area contributed by atoms with Gasteiger partial charge in [-0.15, -0.1) is 9.59 Å². The second kappa shape index (κ2) is 8.34. The number of rotatable bonds is 7. The molecule has 0 aliphatic rings. The summed E-state index contributed by atoms with van der Waals surface area (Å²) in [6.07, 6.45) is -0.792. The zero-order valence-electron chi connectivity index (χ0n) is 15.3. The average molecular weight is 336 g/mol. The lowest BCUT2D eigenvalue weighted by Crippen LogP contribution is -2.53. The van der Waals surface area contributed by atoms with Gasteiger partial charge >= 0.3 is 14.0 Å². The minimum absolute atomic E-state index is 0.353. The Hall–Kier alpha value is -0.550. The maximum atomic E-state index is 12.6. The fourth-order valence-electron chi connectivity index (χ4n) is 1.91. The van der Waals surface area contributed by atoms with Crippen LogP contribution in [0.4, 0.5) is 0 Å². The van der Waals surface area contributed by atoms with Crippen molar-refractivity contribution in [2.45, 2.75) is 72.8 Å². The summed E-state index contributed by atoms with van der Waals surface area (Å²) < 4.78 is 22.6. The van der Waals surface area contributed by atoms with Crippen molar-refractivity contribution in [2.24, 2.45) is 5.41 Å². The summed E-state index contributed by atoms with van der Waals surface area (Å²) in [5, 5.41) is 1.61. The Balaban J connectivity index is 5.60. The number of methoxy groups -OCH3 is 1. The van der Waals surface area contributed by atoms with Gasteiger partial charge < -0.3 is 4.74 Å². The molecule has 0 amide bonds. The first kappa shape index (κ1) is 21.4. The second-order valence-corrected chi connectivity index (χ2v) is 8.53. The first-order valence-electron chi connectivity index (χ1n) is 7.49. The van der Waals surface area contributed by atoms with Crippen molar-refractivity contribution < 1.29 is 23.5 Å². The Morgan fingerprint density at radius 1 is 1.18 bits per heavy atom. The summed E-state index contributed by atoms with van der Waals surface area (Å²) in [5.74, 6) is -0.983. The van der Waals surface area contributed by atoms with E-state index in [4.69, 9.17) is 14.1 Å². The van der Waals surface area contributed by atoms with E-state index in [2.05, 4.69) is 0 Å². The number of nitrogens with zero attached hydrogens (tertiary/aromatic N) is 1. The molecule has 0 aromatic rings. The Bertz CT molecular complexity index is 386. The fraction of sp³-hybridized carbons (Fsp3) is 0.933. The minimum Gasteiger partial charge on any atom is -0.467 e. The highest BCUT2D eigenvalue weighted by molar-refractivity contribution is 7.40. The van der Waals surface area contributed by atoms with Crippen LogP contribution in [0, 0.1) is 5.41 Å². The molecule has 130 valence electrons. The predicted octanol–water partition coefficient (Wildman–Crippen LogP) is 3.73. The molecule has 0 N–H and O–H groups in total. The third kappa shape index (κ3) is 6.29. The average Bonchev–Trinajstić information content (AvgIpc) is 2.34. The lowest BCUT2D eigenvalue weighted by molar-refractivity contribution is -0.260. The van der Waals surface area contributed by atoms with Crippen LogP contribution >= 0.6 is 8.03 Å². The summed E-state index contributed by atoms with van der Waals surface area (Å²) in [6.45, 7) is 15.5. The zero-order chi connectivity index (χ0) is 17.7. The third-order valence-corrected chi connectivity index (χ3v) is 4.82. The van der Waals surface area contributed by atoms with Gasteiger partial charge in [-0.1, -0.05) is 20.8 Å². The van der Waals surface area contributed by atoms with E-state index in [9.17, 15) is 9.36 Å². The molecule has 0 aromatic carbocycles. The van der Waals surface area contributed by atoms with Crippen LogP contribution in [0.15, 0.2) is 0 Å². The van der Waals surface area contributed by atoms with Crippen LogP contribution in [0.25, 0.3) is 0 Å². The molecule has 0 aromatic heterocycles. The zero-order valence-corrected chi connectivity index (χ0v) is 16.2. The monoisotopic (exact) mass is 336 g/mol. The van der Waals surface area contributed by atoms with Crippen molar-refractivity contribution in [1.82, 2.24) is 5.06 Å². The van der Waals surface area contributed by atoms with E-state index < -0.39 is 31.4 Å². The molecule has 0 spiro atoms. The van der Waals surface area contributed by atoms with Gasteiger partial charge in [0.05, 0.1) is 13.7 Å². The van der Waals surface area contributed by atoms with Crippen molar-refractivity contribution in [3.63, 3.8) is 0 Å². The Morgan fingerprint density at radius 3 is 2.00 bits per heavy atom. The summed E-state index contributed by atoms with van der Waals surface area (Å²) in [5.41, 5.74) is -0.839. The number of ether oxygens (including phenoxy) is 1. The number of carbonyl (C=O) groups excluding carboxylic acids is 1. The third-order valence-electron chi connectivity index (χ3n) is 2.92. The van der Waals surface area contributed by atoms with Crippen molar-refractivity contribution in [2.75, 3.05) is 13.7 Å². The molecule has 3 atom stereocenters. The number of carbonyl (C=O) groups is 1. The summed E-state index contributed by atoms with van der Waals surface area (Å²) in [6, 6.07) is 0. The van der Waals surface area contributed by atoms with Crippen LogP contribution in [0.1, 0.15) is 55.4 Å². The van der Waals surface area contributed by atoms with Gasteiger partial charge in [0.25, 0.3) is 5.78 Å². The summed E-state index contributed by atoms with van der Waals surface area (Å²) in [4.78, 5) is 17.5. The molecule has 0 bridgehead atoms. The Kier molecular flexibility index (Phi) is 8.14. The lowest BCUT2D eigenvalue weighted by Gasteiger charge is -2.40. The van der Waals surface area contributed by atoms with Crippen molar-refractivity contribution in [3.8, 4) is 0 Å². The molecule has 2 unspecified atom stereocenters. The van der Waals surface area contributed by atoms with Gasteiger partial charge in [0.15, 0.2) is 6.10 Å². The molecule has 0 radical (unpaired) electrons. The normalized spacial score (nSPS) is 16.4. The van der Waals surface area contributed by atoms with E-state index in [1.165, 1.54) is 7.11 Å². The quantitative estimate of drug-likeness (QED) is 0.401. The van der Waals surface area contributed by atoms with E-state index >= 15 is 0 Å². The molecule has 22 heavy (non-hydrogen) atoms. The molecule has 0 saturated heterocycles. The van der Waals surface area contributed by atoms with E-state index in [1.54, 1.807) is 18.9 Å². The van der Waals surface area contributed by atoms with Crippen LogP contribution in [0.3, 0.4) is 0 Å². The van der Waals surface area contributed by atoms with Gasteiger partial charge in [-0.25, -0.2) is 4.79 Å². The van der Waals surface area contributed by atoms with Crippen LogP contribution < -0.4 is 0 Å². The smallest absolute Gasteiger partial charge is 0.467 e. The second-order valence-electron chi connectivity index (χ2n) is 7.21. The fourth-order valence-corrected chi connectivity index (χ4v) is 3.51. The molecule has 0 fully saturated rings. The van der Waals surface area contributed by atoms with E-state index in [-0.39, 0.29) is 5.41 Å². The SMILES string of the molecule is CCO[P+](=O)C(N(O[C@@H](C)C(=O)OC)C(C)(C)C)C(C)(C)C. The van der Waals surface area contributed by atoms with Gasteiger partial charge in [0, 0.05) is 11.0 Å². The lowest BCUT2D eigenvalue weighted by atomic mass is 9.94. The number of hydroxylamine groups is 2. The highest BCUT2D eigenvalue weighted by atomic mass is 31.1. The van der Waals surface area contributed by atoms with Crippen molar-refractivity contribution in [1.29, 1.82) is 0 Å². The van der Waals surface area contributed by atoms with Crippen LogP contribution in [0.2, 0.25) is 0 Å². The standard InChI is InChI=1S/C15H31NO5P/c1-10-20-22(18)13(14(3,4)5)16(15(6,7)8)21-11(2)12(17)19-9/h11,13H,10H2,1-9H3/q+1/t11-,13?/m0/s1. The molecule has 0 rings (SSSR count). The molecule has 0 heterocycles. The molecular formula is C15H31NO5P+. The van der Waals surface area contributed by atoms with Crippen LogP contribution in [-0.2, 0) is 23.5 Å². The molecule has 6 nitrogen and oxygen atoms in total. The first-order chi connectivity index (χ1) is 9.86. The Morgan fingerprint density at radius 2 is 1.68 bits per heavy atom. The summed E-state index contributed by atoms with van der Waals surface area (Å²) in [7, 11) is -0.680. The van der Waals surface area contributed by atoms with Crippen molar-refractivity contribution >= 4 is 14.0 Å². The van der Waals surface area contributed by atoms with Gasteiger partial charge in [-0.05, 0) is 39.2 Å². The highest BCUT2D eigenvalue weighted by Gasteiger charge is 2.52. The maximum absolute atomic E-state index is 12.6. The molecule has 0 aliphatic carbocycles. The molecule has 0 aliphatic heterocycles. The molecule has 7 heteroatoms. The number of hydrogen-bond acceptors (Lipinski definition) is 6. The van der Waals surface area contributed by atoms with E-state index in [0.717, 1.165) is 0 Å². The minimum atomic E-state index is -1.99. The Labute approximate surface area is 135 Å². The number of esters is 1. The van der Waals surface area contributed by atoms with E-state index in [1.807, 2.05) is 41.5 Å². The van der Waals surface area contributed by atoms with Gasteiger partial charge in [0.2, 0.25) is 0 Å². The van der Waals surface area contributed by atoms with E-state index in [0.29, 0.717) is 6.61 Å². The van der Waals surface area contributed by atoms with Crippen LogP contribution in [-0.4, -0.2) is 42.2 Å². The van der Waals surface area contributed by atoms with Gasteiger partial charge in [-0.2, -0.15) is 0 Å². The predicted molar refractivity (Wildman–Crippen MR) is 86.6 cm³/mol. The van der Waals surface area contributed by atoms with Crippen LogP contribution in [0.5, 0.6) is 0 Å². The molecule has 0 saturated carbocycles. The number of hydrogen-bond donors (Lipinski definition) is 0.